The van der Waals surface area contributed by atoms with E-state index in [2.05, 4.69) is 17.9 Å². The molecule has 2 aliphatic heterocycles. The summed E-state index contributed by atoms with van der Waals surface area (Å²) in [5.74, 6) is -0.256. The molecule has 0 spiro atoms. The molecule has 2 atom stereocenters. The molecule has 6 nitrogen and oxygen atoms in total. The average Bonchev–Trinajstić information content (AvgIpc) is 3.23. The lowest BCUT2D eigenvalue weighted by molar-refractivity contribution is -0.120. The maximum atomic E-state index is 13.2. The van der Waals surface area contributed by atoms with E-state index in [1.807, 2.05) is 23.1 Å². The number of hydrogen-bond acceptors (Lipinski definition) is 4. The highest BCUT2D eigenvalue weighted by Crippen LogP contribution is 2.32. The van der Waals surface area contributed by atoms with Gasteiger partial charge < -0.3 is 9.32 Å². The molecule has 2 aromatic carbocycles. The van der Waals surface area contributed by atoms with Crippen LogP contribution in [0.15, 0.2) is 51.7 Å². The van der Waals surface area contributed by atoms with E-state index in [0.717, 1.165) is 31.5 Å². The largest absolute Gasteiger partial charge is 0.420 e. The van der Waals surface area contributed by atoms with Gasteiger partial charge in [-0.2, -0.15) is 0 Å². The minimum absolute atomic E-state index is 0.0398. The number of benzene rings is 2. The van der Waals surface area contributed by atoms with Crippen LogP contribution in [0.25, 0.3) is 11.1 Å². The van der Waals surface area contributed by atoms with Crippen LogP contribution in [0.3, 0.4) is 0 Å². The van der Waals surface area contributed by atoms with Gasteiger partial charge in [-0.25, -0.2) is 4.79 Å². The second-order valence-corrected chi connectivity index (χ2v) is 8.76. The third-order valence-electron chi connectivity index (χ3n) is 6.26. The van der Waals surface area contributed by atoms with Gasteiger partial charge in [0.1, 0.15) is 0 Å². The highest BCUT2D eigenvalue weighted by Gasteiger charge is 2.33. The van der Waals surface area contributed by atoms with Crippen molar-refractivity contribution in [3.05, 3.63) is 63.6 Å². The van der Waals surface area contributed by atoms with Crippen LogP contribution >= 0.6 is 11.6 Å². The molecular weight excluding hydrogens is 402 g/mol. The molecule has 1 aromatic heterocycles. The number of aromatic nitrogens is 1. The van der Waals surface area contributed by atoms with Gasteiger partial charge in [-0.15, -0.1) is 0 Å². The number of anilines is 1. The predicted octanol–water partition coefficient (Wildman–Crippen LogP) is 3.86. The standard InChI is InChI=1S/C23H24ClN3O3/c1-15-11-16-5-2-3-7-19(16)26(15)22(28)14-25-10-4-6-18(13-25)27-20-12-17(24)8-9-21(20)30-23(27)29/h2-3,5,7-9,12,15,18H,4,6,10-11,13-14H2,1H3/t15-,18+/m1/s1. The number of hydrogen-bond donors (Lipinski definition) is 0. The second-order valence-electron chi connectivity index (χ2n) is 8.33. The van der Waals surface area contributed by atoms with Crippen molar-refractivity contribution in [2.45, 2.75) is 38.3 Å². The Labute approximate surface area is 179 Å². The third kappa shape index (κ3) is 3.34. The molecule has 156 valence electrons. The molecule has 1 amide bonds. The molecule has 0 unspecified atom stereocenters. The number of piperidine rings is 1. The lowest BCUT2D eigenvalue weighted by atomic mass is 10.1. The first kappa shape index (κ1) is 19.4. The molecule has 1 fully saturated rings. The Balaban J connectivity index is 1.36. The van der Waals surface area contributed by atoms with Gasteiger partial charge >= 0.3 is 5.76 Å². The number of nitrogens with zero attached hydrogens (tertiary/aromatic N) is 3. The van der Waals surface area contributed by atoms with E-state index < -0.39 is 0 Å². The SMILES string of the molecule is C[C@@H]1Cc2ccccc2N1C(=O)CN1CCC[C@H](n2c(=O)oc3ccc(Cl)cc32)C1. The van der Waals surface area contributed by atoms with Crippen LogP contribution in [0.5, 0.6) is 0 Å². The van der Waals surface area contributed by atoms with E-state index in [1.165, 1.54) is 5.56 Å². The summed E-state index contributed by atoms with van der Waals surface area (Å²) >= 11 is 6.15. The highest BCUT2D eigenvalue weighted by atomic mass is 35.5. The molecule has 0 N–H and O–H groups in total. The van der Waals surface area contributed by atoms with Crippen molar-refractivity contribution in [1.29, 1.82) is 0 Å². The first-order valence-corrected chi connectivity index (χ1v) is 10.8. The van der Waals surface area contributed by atoms with Crippen molar-refractivity contribution in [2.75, 3.05) is 24.5 Å². The molecule has 3 aromatic rings. The molecule has 0 radical (unpaired) electrons. The molecule has 5 rings (SSSR count). The van der Waals surface area contributed by atoms with E-state index in [9.17, 15) is 9.59 Å². The molecule has 30 heavy (non-hydrogen) atoms. The number of rotatable bonds is 3. The number of oxazole rings is 1. The number of para-hydroxylation sites is 1. The maximum Gasteiger partial charge on any atom is 0.420 e. The Morgan fingerprint density at radius 3 is 2.93 bits per heavy atom. The van der Waals surface area contributed by atoms with Crippen LogP contribution in [0, 0.1) is 0 Å². The van der Waals surface area contributed by atoms with Gasteiger partial charge in [0.2, 0.25) is 5.91 Å². The molecule has 0 saturated carbocycles. The first-order valence-electron chi connectivity index (χ1n) is 10.4. The first-order chi connectivity index (χ1) is 14.5. The quantitative estimate of drug-likeness (QED) is 0.639. The van der Waals surface area contributed by atoms with E-state index >= 15 is 0 Å². The van der Waals surface area contributed by atoms with Crippen molar-refractivity contribution >= 4 is 34.3 Å². The fraction of sp³-hybridized carbons (Fsp3) is 0.391. The normalized spacial score (nSPS) is 21.9. The zero-order valence-electron chi connectivity index (χ0n) is 16.9. The van der Waals surface area contributed by atoms with Gasteiger partial charge in [0, 0.05) is 23.3 Å². The van der Waals surface area contributed by atoms with Gasteiger partial charge in [-0.3, -0.25) is 14.3 Å². The van der Waals surface area contributed by atoms with Crippen molar-refractivity contribution < 1.29 is 9.21 Å². The summed E-state index contributed by atoms with van der Waals surface area (Å²) in [7, 11) is 0. The number of amides is 1. The zero-order valence-corrected chi connectivity index (χ0v) is 17.6. The van der Waals surface area contributed by atoms with Crippen LogP contribution in [0.2, 0.25) is 5.02 Å². The number of carbonyl (C=O) groups excluding carboxylic acids is 1. The lowest BCUT2D eigenvalue weighted by Crippen LogP contribution is -2.47. The number of fused-ring (bicyclic) bond motifs is 2. The van der Waals surface area contributed by atoms with Crippen molar-refractivity contribution in [3.63, 3.8) is 0 Å². The molecule has 0 bridgehead atoms. The Bertz CT molecular complexity index is 1170. The molecule has 0 aliphatic carbocycles. The van der Waals surface area contributed by atoms with Gasteiger partial charge in [0.15, 0.2) is 5.58 Å². The van der Waals surface area contributed by atoms with Crippen molar-refractivity contribution in [3.8, 4) is 0 Å². The molecule has 3 heterocycles. The van der Waals surface area contributed by atoms with Crippen molar-refractivity contribution in [1.82, 2.24) is 9.47 Å². The molecule has 7 heteroatoms. The van der Waals surface area contributed by atoms with Crippen LogP contribution < -0.4 is 10.7 Å². The van der Waals surface area contributed by atoms with Crippen LogP contribution in [-0.2, 0) is 11.2 Å². The van der Waals surface area contributed by atoms with E-state index in [0.29, 0.717) is 29.2 Å². The summed E-state index contributed by atoms with van der Waals surface area (Å²) in [5, 5.41) is 0.571. The zero-order chi connectivity index (χ0) is 20.8. The van der Waals surface area contributed by atoms with Crippen LogP contribution in [0.1, 0.15) is 31.4 Å². The van der Waals surface area contributed by atoms with Gasteiger partial charge in [0.05, 0.1) is 18.1 Å². The Hall–Kier alpha value is -2.57. The van der Waals surface area contributed by atoms with E-state index in [-0.39, 0.29) is 23.7 Å². The smallest absolute Gasteiger partial charge is 0.408 e. The topological polar surface area (TPSA) is 58.7 Å². The van der Waals surface area contributed by atoms with Gasteiger partial charge in [0.25, 0.3) is 0 Å². The summed E-state index contributed by atoms with van der Waals surface area (Å²) < 4.78 is 7.11. The fourth-order valence-corrected chi connectivity index (χ4v) is 5.12. The minimum atomic E-state index is -0.368. The highest BCUT2D eigenvalue weighted by molar-refractivity contribution is 6.31. The monoisotopic (exact) mass is 425 g/mol. The summed E-state index contributed by atoms with van der Waals surface area (Å²) in [5.41, 5.74) is 3.51. The summed E-state index contributed by atoms with van der Waals surface area (Å²) in [6.07, 6.45) is 2.68. The molecular formula is C23H24ClN3O3. The Morgan fingerprint density at radius 1 is 1.23 bits per heavy atom. The average molecular weight is 426 g/mol. The van der Waals surface area contributed by atoms with E-state index in [4.69, 9.17) is 16.0 Å². The summed E-state index contributed by atoms with van der Waals surface area (Å²) in [6, 6.07) is 13.5. The van der Waals surface area contributed by atoms with Crippen molar-refractivity contribution in [2.24, 2.45) is 0 Å². The number of likely N-dealkylation sites (tertiary alicyclic amines) is 1. The van der Waals surface area contributed by atoms with Gasteiger partial charge in [-0.1, -0.05) is 29.8 Å². The molecule has 1 saturated heterocycles. The Kier molecular flexibility index (Phi) is 4.91. The third-order valence-corrected chi connectivity index (χ3v) is 6.49. The minimum Gasteiger partial charge on any atom is -0.408 e. The number of carbonyl (C=O) groups is 1. The number of halogens is 1. The van der Waals surface area contributed by atoms with E-state index in [1.54, 1.807) is 22.8 Å². The van der Waals surface area contributed by atoms with Gasteiger partial charge in [-0.05, 0) is 62.6 Å². The van der Waals surface area contributed by atoms with Crippen LogP contribution in [-0.4, -0.2) is 41.1 Å². The predicted molar refractivity (Wildman–Crippen MR) is 117 cm³/mol. The maximum absolute atomic E-state index is 13.2. The Morgan fingerprint density at radius 2 is 2.07 bits per heavy atom. The summed E-state index contributed by atoms with van der Waals surface area (Å²) in [6.45, 7) is 3.92. The van der Waals surface area contributed by atoms with Crippen LogP contribution in [0.4, 0.5) is 5.69 Å². The summed E-state index contributed by atoms with van der Waals surface area (Å²) in [4.78, 5) is 29.8. The second kappa shape index (κ2) is 7.60. The lowest BCUT2D eigenvalue weighted by Gasteiger charge is -2.34. The fourth-order valence-electron chi connectivity index (χ4n) is 4.95. The molecule has 2 aliphatic rings.